The first-order chi connectivity index (χ1) is 6.90. The van der Waals surface area contributed by atoms with Crippen LogP contribution in [0.4, 0.5) is 0 Å². The average molecular weight is 225 g/mol. The Morgan fingerprint density at radius 3 is 2.47 bits per heavy atom. The van der Waals surface area contributed by atoms with Gasteiger partial charge in [0.15, 0.2) is 11.1 Å². The molecule has 0 spiro atoms. The third kappa shape index (κ3) is 3.93. The van der Waals surface area contributed by atoms with Crippen molar-refractivity contribution in [3.8, 4) is 0 Å². The number of hydrogen-bond donors (Lipinski definition) is 1. The van der Waals surface area contributed by atoms with Gasteiger partial charge in [-0.2, -0.15) is 0 Å². The molecule has 1 rings (SSSR count). The summed E-state index contributed by atoms with van der Waals surface area (Å²) in [5.74, 6) is 0. The van der Waals surface area contributed by atoms with Crippen molar-refractivity contribution in [1.82, 2.24) is 0 Å². The second-order valence-electron chi connectivity index (χ2n) is 4.22. The van der Waals surface area contributed by atoms with E-state index in [4.69, 9.17) is 4.55 Å². The molecule has 15 heavy (non-hydrogen) atoms. The maximum Gasteiger partial charge on any atom is 0.187 e. The number of hydrogen-bond acceptors (Lipinski definition) is 2. The van der Waals surface area contributed by atoms with Crippen LogP contribution >= 0.6 is 0 Å². The lowest BCUT2D eigenvalue weighted by molar-refractivity contribution is 0.564. The predicted octanol–water partition coefficient (Wildman–Crippen LogP) is 2.48. The highest BCUT2D eigenvalue weighted by Gasteiger charge is 2.08. The molecular weight excluding hydrogens is 210 g/mol. The molecule has 1 unspecified atom stereocenters. The van der Waals surface area contributed by atoms with Gasteiger partial charge in [-0.05, 0) is 26.8 Å². The topological polar surface area (TPSA) is 49.7 Å². The van der Waals surface area contributed by atoms with Crippen LogP contribution in [0.5, 0.6) is 0 Å². The summed E-state index contributed by atoms with van der Waals surface area (Å²) in [6.45, 7) is 5.92. The second kappa shape index (κ2) is 4.68. The Balaban J connectivity index is 3.05. The van der Waals surface area contributed by atoms with Crippen molar-refractivity contribution < 1.29 is 8.76 Å². The summed E-state index contributed by atoms with van der Waals surface area (Å²) in [6.07, 6.45) is 1.64. The summed E-state index contributed by atoms with van der Waals surface area (Å²) in [6, 6.07) is 6.96. The Bertz CT molecular complexity index is 394. The lowest BCUT2D eigenvalue weighted by atomic mass is 10.1. The van der Waals surface area contributed by atoms with Crippen LogP contribution in [0.25, 0.3) is 0 Å². The van der Waals surface area contributed by atoms with Crippen LogP contribution in [0, 0.1) is 0 Å². The first-order valence-corrected chi connectivity index (χ1v) is 5.76. The van der Waals surface area contributed by atoms with Crippen molar-refractivity contribution in [2.75, 3.05) is 0 Å². The highest BCUT2D eigenvalue weighted by Crippen LogP contribution is 2.12. The van der Waals surface area contributed by atoms with Gasteiger partial charge in [0, 0.05) is 11.8 Å². The largest absolute Gasteiger partial charge is 0.302 e. The quantitative estimate of drug-likeness (QED) is 0.621. The summed E-state index contributed by atoms with van der Waals surface area (Å²) in [7, 11) is 0. The van der Waals surface area contributed by atoms with Crippen LogP contribution in [0.3, 0.4) is 0 Å². The zero-order valence-electron chi connectivity index (χ0n) is 9.10. The van der Waals surface area contributed by atoms with E-state index in [0.29, 0.717) is 10.5 Å². The summed E-state index contributed by atoms with van der Waals surface area (Å²) >= 11 is -1.96. The fourth-order valence-electron chi connectivity index (χ4n) is 1.01. The summed E-state index contributed by atoms with van der Waals surface area (Å²) < 4.78 is 20.0. The molecule has 1 atom stereocenters. The molecule has 0 saturated heterocycles. The van der Waals surface area contributed by atoms with Crippen molar-refractivity contribution in [2.24, 2.45) is 4.99 Å². The molecule has 1 aromatic rings. The number of rotatable bonds is 2. The van der Waals surface area contributed by atoms with E-state index < -0.39 is 11.1 Å². The average Bonchev–Trinajstić information content (AvgIpc) is 2.14. The molecule has 3 nitrogen and oxygen atoms in total. The van der Waals surface area contributed by atoms with E-state index in [9.17, 15) is 4.21 Å². The second-order valence-corrected chi connectivity index (χ2v) is 5.15. The predicted molar refractivity (Wildman–Crippen MR) is 62.8 cm³/mol. The van der Waals surface area contributed by atoms with Gasteiger partial charge in [0.2, 0.25) is 0 Å². The van der Waals surface area contributed by atoms with E-state index in [1.165, 1.54) is 0 Å². The third-order valence-electron chi connectivity index (χ3n) is 1.70. The van der Waals surface area contributed by atoms with Crippen LogP contribution in [0.1, 0.15) is 26.3 Å². The Hall–Kier alpha value is -1.00. The van der Waals surface area contributed by atoms with E-state index in [1.807, 2.05) is 26.8 Å². The van der Waals surface area contributed by atoms with Gasteiger partial charge in [0.25, 0.3) is 0 Å². The van der Waals surface area contributed by atoms with Crippen LogP contribution in [0.2, 0.25) is 0 Å². The number of aliphatic imine (C=N–C) groups is 1. The van der Waals surface area contributed by atoms with E-state index in [2.05, 4.69) is 4.99 Å². The Morgan fingerprint density at radius 2 is 1.93 bits per heavy atom. The van der Waals surface area contributed by atoms with Crippen molar-refractivity contribution in [1.29, 1.82) is 0 Å². The van der Waals surface area contributed by atoms with Gasteiger partial charge < -0.3 is 4.55 Å². The molecule has 0 bridgehead atoms. The smallest absolute Gasteiger partial charge is 0.187 e. The van der Waals surface area contributed by atoms with Crippen LogP contribution in [0.15, 0.2) is 34.2 Å². The molecule has 0 radical (unpaired) electrons. The van der Waals surface area contributed by atoms with Crippen molar-refractivity contribution in [3.63, 3.8) is 0 Å². The lowest BCUT2D eigenvalue weighted by Crippen LogP contribution is -2.10. The van der Waals surface area contributed by atoms with Gasteiger partial charge in [-0.25, -0.2) is 4.21 Å². The minimum absolute atomic E-state index is 0.177. The Kier molecular flexibility index (Phi) is 3.77. The number of nitrogens with zero attached hydrogens (tertiary/aromatic N) is 1. The molecule has 1 aromatic carbocycles. The molecule has 4 heteroatoms. The van der Waals surface area contributed by atoms with E-state index in [1.54, 1.807) is 24.4 Å². The fourth-order valence-corrected chi connectivity index (χ4v) is 1.53. The molecule has 0 amide bonds. The van der Waals surface area contributed by atoms with Gasteiger partial charge in [-0.3, -0.25) is 4.99 Å². The van der Waals surface area contributed by atoms with Crippen LogP contribution in [-0.4, -0.2) is 20.5 Å². The molecule has 0 aliphatic rings. The monoisotopic (exact) mass is 225 g/mol. The third-order valence-corrected chi connectivity index (χ3v) is 2.45. The van der Waals surface area contributed by atoms with Gasteiger partial charge in [0.05, 0.1) is 10.4 Å². The molecule has 0 heterocycles. The van der Waals surface area contributed by atoms with E-state index in [0.717, 1.165) is 0 Å². The maximum atomic E-state index is 11.0. The summed E-state index contributed by atoms with van der Waals surface area (Å²) in [5, 5.41) is 0. The van der Waals surface area contributed by atoms with Gasteiger partial charge >= 0.3 is 0 Å². The van der Waals surface area contributed by atoms with Crippen molar-refractivity contribution in [3.05, 3.63) is 29.8 Å². The van der Waals surface area contributed by atoms with Crippen molar-refractivity contribution >= 4 is 17.3 Å². The van der Waals surface area contributed by atoms with Crippen LogP contribution in [-0.2, 0) is 11.1 Å². The summed E-state index contributed by atoms with van der Waals surface area (Å²) in [4.78, 5) is 4.69. The standard InChI is InChI=1S/C11H15NO2S/c1-11(2,3)12-8-9-6-4-5-7-10(9)15(13)14/h4-8H,1-3H3,(H,13,14). The van der Waals surface area contributed by atoms with Crippen molar-refractivity contribution in [2.45, 2.75) is 31.2 Å². The first-order valence-electron chi connectivity index (χ1n) is 4.65. The SMILES string of the molecule is CC(C)(C)N=Cc1ccccc1S(=O)O. The van der Waals surface area contributed by atoms with Crippen LogP contribution < -0.4 is 0 Å². The molecule has 1 N–H and O–H groups in total. The minimum Gasteiger partial charge on any atom is -0.302 e. The van der Waals surface area contributed by atoms with Gasteiger partial charge in [0.1, 0.15) is 0 Å². The molecular formula is C11H15NO2S. The van der Waals surface area contributed by atoms with E-state index in [-0.39, 0.29) is 5.54 Å². The van der Waals surface area contributed by atoms with Gasteiger partial charge in [-0.15, -0.1) is 0 Å². The molecule has 0 aliphatic heterocycles. The summed E-state index contributed by atoms with van der Waals surface area (Å²) in [5.41, 5.74) is 0.512. The molecule has 82 valence electrons. The first kappa shape index (κ1) is 12.1. The highest BCUT2D eigenvalue weighted by molar-refractivity contribution is 7.79. The number of benzene rings is 1. The Labute approximate surface area is 92.5 Å². The highest BCUT2D eigenvalue weighted by atomic mass is 32.2. The van der Waals surface area contributed by atoms with Gasteiger partial charge in [-0.1, -0.05) is 18.2 Å². The van der Waals surface area contributed by atoms with E-state index >= 15 is 0 Å². The zero-order chi connectivity index (χ0) is 11.5. The molecule has 0 saturated carbocycles. The molecule has 0 aromatic heterocycles. The zero-order valence-corrected chi connectivity index (χ0v) is 9.91. The Morgan fingerprint density at radius 1 is 1.33 bits per heavy atom. The lowest BCUT2D eigenvalue weighted by Gasteiger charge is -2.11. The maximum absolute atomic E-state index is 11.0. The molecule has 0 fully saturated rings. The molecule has 0 aliphatic carbocycles. The normalized spacial score (nSPS) is 14.4. The fraction of sp³-hybridized carbons (Fsp3) is 0.364. The minimum atomic E-state index is -1.96.